The molecule has 0 aliphatic rings. The van der Waals surface area contributed by atoms with Gasteiger partial charge in [-0.15, -0.1) is 0 Å². The van der Waals surface area contributed by atoms with Gasteiger partial charge in [-0.25, -0.2) is 5.43 Å². The number of rotatable bonds is 4. The molecule has 0 amide bonds. The fourth-order valence-electron chi connectivity index (χ4n) is 2.20. The van der Waals surface area contributed by atoms with E-state index in [1.165, 1.54) is 12.1 Å². The van der Waals surface area contributed by atoms with E-state index in [1.54, 1.807) is 11.7 Å². The van der Waals surface area contributed by atoms with E-state index in [2.05, 4.69) is 10.5 Å². The third-order valence-corrected chi connectivity index (χ3v) is 3.36. The predicted molar refractivity (Wildman–Crippen MR) is 73.2 cm³/mol. The number of halogens is 3. The van der Waals surface area contributed by atoms with Crippen LogP contribution in [0.3, 0.4) is 0 Å². The summed E-state index contributed by atoms with van der Waals surface area (Å²) < 4.78 is 39.4. The average molecular weight is 298 g/mol. The number of alkyl halides is 3. The molecule has 2 rings (SSSR count). The Morgan fingerprint density at radius 3 is 2.33 bits per heavy atom. The summed E-state index contributed by atoms with van der Waals surface area (Å²) in [6.07, 6.45) is -3.57. The summed E-state index contributed by atoms with van der Waals surface area (Å²) in [7, 11) is 1.78. The van der Waals surface area contributed by atoms with Gasteiger partial charge in [-0.2, -0.15) is 18.3 Å². The Bertz CT molecular complexity index is 602. The van der Waals surface area contributed by atoms with Gasteiger partial charge in [-0.1, -0.05) is 19.1 Å². The first-order valence-corrected chi connectivity index (χ1v) is 6.53. The van der Waals surface area contributed by atoms with Crippen molar-refractivity contribution in [1.29, 1.82) is 0 Å². The molecule has 0 fully saturated rings. The summed E-state index contributed by atoms with van der Waals surface area (Å²) >= 11 is 0. The normalized spacial score (nSPS) is 13.4. The van der Waals surface area contributed by atoms with Crippen LogP contribution in [0, 0.1) is 0 Å². The Morgan fingerprint density at radius 2 is 1.90 bits per heavy atom. The zero-order valence-electron chi connectivity index (χ0n) is 11.8. The molecule has 1 aromatic carbocycles. The maximum Gasteiger partial charge on any atom is 0.416 e. The van der Waals surface area contributed by atoms with Gasteiger partial charge in [-0.3, -0.25) is 10.5 Å². The fraction of sp³-hybridized carbons (Fsp3) is 0.357. The van der Waals surface area contributed by atoms with E-state index in [4.69, 9.17) is 5.84 Å². The molecule has 0 radical (unpaired) electrons. The third-order valence-electron chi connectivity index (χ3n) is 3.36. The zero-order chi connectivity index (χ0) is 15.6. The lowest BCUT2D eigenvalue weighted by atomic mass is 10.0. The number of aromatic nitrogens is 2. The molecule has 0 bridgehead atoms. The SMILES string of the molecule is CCc1cc(C(NN)c2ccc(C(F)(F)F)cc2)n(C)n1. The molecular weight excluding hydrogens is 281 g/mol. The lowest BCUT2D eigenvalue weighted by Gasteiger charge is -2.17. The Morgan fingerprint density at radius 1 is 1.29 bits per heavy atom. The molecule has 0 aliphatic heterocycles. The highest BCUT2D eigenvalue weighted by molar-refractivity contribution is 5.32. The molecule has 7 heteroatoms. The first-order chi connectivity index (χ1) is 9.86. The van der Waals surface area contributed by atoms with Crippen molar-refractivity contribution in [1.82, 2.24) is 15.2 Å². The topological polar surface area (TPSA) is 55.9 Å². The largest absolute Gasteiger partial charge is 0.416 e. The fourth-order valence-corrected chi connectivity index (χ4v) is 2.20. The van der Waals surface area contributed by atoms with Crippen molar-refractivity contribution in [2.24, 2.45) is 12.9 Å². The molecule has 1 aromatic heterocycles. The first kappa shape index (κ1) is 15.5. The van der Waals surface area contributed by atoms with Gasteiger partial charge in [0.05, 0.1) is 23.0 Å². The highest BCUT2D eigenvalue weighted by atomic mass is 19.4. The van der Waals surface area contributed by atoms with Gasteiger partial charge in [0.1, 0.15) is 0 Å². The second-order valence-corrected chi connectivity index (χ2v) is 4.76. The van der Waals surface area contributed by atoms with Crippen LogP contribution in [-0.4, -0.2) is 9.78 Å². The molecule has 1 atom stereocenters. The van der Waals surface area contributed by atoms with E-state index in [1.807, 2.05) is 13.0 Å². The predicted octanol–water partition coefficient (Wildman–Crippen LogP) is 2.55. The second kappa shape index (κ2) is 5.87. The Balaban J connectivity index is 2.35. The number of nitrogens with zero attached hydrogens (tertiary/aromatic N) is 2. The number of hydrogen-bond acceptors (Lipinski definition) is 3. The van der Waals surface area contributed by atoms with Crippen LogP contribution in [0.5, 0.6) is 0 Å². The standard InChI is InChI=1S/C14H17F3N4/c1-3-11-8-12(21(2)20-11)13(19-18)9-4-6-10(7-5-9)14(15,16)17/h4-8,13,19H,3,18H2,1-2H3. The van der Waals surface area contributed by atoms with Gasteiger partial charge in [0, 0.05) is 7.05 Å². The number of aryl methyl sites for hydroxylation is 2. The molecule has 3 N–H and O–H groups in total. The Kier molecular flexibility index (Phi) is 4.34. The van der Waals surface area contributed by atoms with Crippen molar-refractivity contribution in [3.63, 3.8) is 0 Å². The first-order valence-electron chi connectivity index (χ1n) is 6.53. The van der Waals surface area contributed by atoms with E-state index in [0.29, 0.717) is 5.56 Å². The lowest BCUT2D eigenvalue weighted by molar-refractivity contribution is -0.137. The summed E-state index contributed by atoms with van der Waals surface area (Å²) in [5, 5.41) is 4.32. The number of nitrogens with two attached hydrogens (primary N) is 1. The summed E-state index contributed by atoms with van der Waals surface area (Å²) in [5.41, 5.74) is 4.30. The third kappa shape index (κ3) is 3.25. The van der Waals surface area contributed by atoms with E-state index in [0.717, 1.165) is 29.9 Å². The van der Waals surface area contributed by atoms with Crippen LogP contribution in [0.1, 0.15) is 35.5 Å². The number of hydrogen-bond donors (Lipinski definition) is 2. The van der Waals surface area contributed by atoms with Crippen LogP contribution in [-0.2, 0) is 19.6 Å². The Hall–Kier alpha value is -1.86. The minimum absolute atomic E-state index is 0.412. The van der Waals surface area contributed by atoms with Crippen molar-refractivity contribution < 1.29 is 13.2 Å². The molecule has 0 spiro atoms. The molecule has 1 unspecified atom stereocenters. The molecule has 4 nitrogen and oxygen atoms in total. The number of benzene rings is 1. The molecule has 0 aliphatic carbocycles. The Labute approximate surface area is 120 Å². The highest BCUT2D eigenvalue weighted by Gasteiger charge is 2.30. The number of hydrazine groups is 1. The van der Waals surface area contributed by atoms with E-state index < -0.39 is 17.8 Å². The van der Waals surface area contributed by atoms with Crippen molar-refractivity contribution in [2.75, 3.05) is 0 Å². The van der Waals surface area contributed by atoms with E-state index in [9.17, 15) is 13.2 Å². The molecule has 0 saturated heterocycles. The van der Waals surface area contributed by atoms with Crippen LogP contribution in [0.25, 0.3) is 0 Å². The summed E-state index contributed by atoms with van der Waals surface area (Å²) in [6.45, 7) is 1.98. The molecular formula is C14H17F3N4. The van der Waals surface area contributed by atoms with Gasteiger partial charge < -0.3 is 0 Å². The van der Waals surface area contributed by atoms with Crippen LogP contribution >= 0.6 is 0 Å². The van der Waals surface area contributed by atoms with Crippen LogP contribution < -0.4 is 11.3 Å². The van der Waals surface area contributed by atoms with Crippen molar-refractivity contribution >= 4 is 0 Å². The maximum absolute atomic E-state index is 12.6. The second-order valence-electron chi connectivity index (χ2n) is 4.76. The van der Waals surface area contributed by atoms with Crippen molar-refractivity contribution in [2.45, 2.75) is 25.6 Å². The lowest BCUT2D eigenvalue weighted by Crippen LogP contribution is -2.30. The van der Waals surface area contributed by atoms with Crippen LogP contribution in [0.4, 0.5) is 13.2 Å². The smallest absolute Gasteiger partial charge is 0.271 e. The quantitative estimate of drug-likeness (QED) is 0.674. The van der Waals surface area contributed by atoms with Gasteiger partial charge in [0.15, 0.2) is 0 Å². The summed E-state index contributed by atoms with van der Waals surface area (Å²) in [5.74, 6) is 5.57. The van der Waals surface area contributed by atoms with Crippen molar-refractivity contribution in [3.8, 4) is 0 Å². The van der Waals surface area contributed by atoms with Gasteiger partial charge >= 0.3 is 6.18 Å². The van der Waals surface area contributed by atoms with Gasteiger partial charge in [0.2, 0.25) is 0 Å². The molecule has 114 valence electrons. The minimum Gasteiger partial charge on any atom is -0.271 e. The molecule has 21 heavy (non-hydrogen) atoms. The van der Waals surface area contributed by atoms with Crippen LogP contribution in [0.15, 0.2) is 30.3 Å². The zero-order valence-corrected chi connectivity index (χ0v) is 11.8. The molecule has 2 aromatic rings. The van der Waals surface area contributed by atoms with Gasteiger partial charge in [0.25, 0.3) is 0 Å². The minimum atomic E-state index is -4.34. The maximum atomic E-state index is 12.6. The molecule has 0 saturated carbocycles. The molecule has 1 heterocycles. The van der Waals surface area contributed by atoms with Crippen molar-refractivity contribution in [3.05, 3.63) is 52.8 Å². The summed E-state index contributed by atoms with van der Waals surface area (Å²) in [6, 6.07) is 6.43. The highest BCUT2D eigenvalue weighted by Crippen LogP contribution is 2.31. The number of nitrogens with one attached hydrogen (secondary N) is 1. The van der Waals surface area contributed by atoms with E-state index in [-0.39, 0.29) is 0 Å². The monoisotopic (exact) mass is 298 g/mol. The van der Waals surface area contributed by atoms with Gasteiger partial charge in [-0.05, 0) is 30.2 Å². The average Bonchev–Trinajstić information content (AvgIpc) is 2.81. The van der Waals surface area contributed by atoms with Crippen LogP contribution in [0.2, 0.25) is 0 Å². The summed E-state index contributed by atoms with van der Waals surface area (Å²) in [4.78, 5) is 0. The van der Waals surface area contributed by atoms with E-state index >= 15 is 0 Å².